The van der Waals surface area contributed by atoms with Crippen molar-refractivity contribution in [2.45, 2.75) is 39.3 Å². The van der Waals surface area contributed by atoms with E-state index in [4.69, 9.17) is 0 Å². The van der Waals surface area contributed by atoms with Gasteiger partial charge in [-0.25, -0.2) is 0 Å². The van der Waals surface area contributed by atoms with E-state index in [-0.39, 0.29) is 0 Å². The van der Waals surface area contributed by atoms with Gasteiger partial charge in [-0.15, -0.1) is 0 Å². The Labute approximate surface area is 121 Å². The molecule has 1 heterocycles. The summed E-state index contributed by atoms with van der Waals surface area (Å²) in [5.41, 5.74) is 5.35. The summed E-state index contributed by atoms with van der Waals surface area (Å²) in [7, 11) is 0. The molecule has 104 valence electrons. The van der Waals surface area contributed by atoms with Crippen LogP contribution in [-0.2, 0) is 6.54 Å². The molecular formula is C18H22N2. The number of rotatable bonds is 5. The first-order valence-corrected chi connectivity index (χ1v) is 7.43. The molecule has 1 atom stereocenters. The Hall–Kier alpha value is -1.67. The molecule has 2 aromatic rings. The Bertz CT molecular complexity index is 570. The maximum absolute atomic E-state index is 4.23. The van der Waals surface area contributed by atoms with Crippen molar-refractivity contribution < 1.29 is 0 Å². The second-order valence-electron chi connectivity index (χ2n) is 5.91. The highest BCUT2D eigenvalue weighted by molar-refractivity contribution is 5.26. The van der Waals surface area contributed by atoms with Crippen LogP contribution in [0.3, 0.4) is 0 Å². The zero-order valence-corrected chi connectivity index (χ0v) is 12.3. The van der Waals surface area contributed by atoms with Crippen molar-refractivity contribution in [3.8, 4) is 0 Å². The molecule has 1 aliphatic carbocycles. The molecule has 1 aromatic carbocycles. The first kappa shape index (κ1) is 13.3. The lowest BCUT2D eigenvalue weighted by Gasteiger charge is -2.19. The van der Waals surface area contributed by atoms with Crippen molar-refractivity contribution in [2.75, 3.05) is 0 Å². The SMILES string of the molecule is Cc1ccc(C(NCc2cnccc2C)C2CC2)cc1. The van der Waals surface area contributed by atoms with Crippen LogP contribution in [0.25, 0.3) is 0 Å². The summed E-state index contributed by atoms with van der Waals surface area (Å²) in [4.78, 5) is 4.23. The molecule has 0 saturated heterocycles. The molecule has 0 aliphatic heterocycles. The summed E-state index contributed by atoms with van der Waals surface area (Å²) in [6, 6.07) is 11.5. The van der Waals surface area contributed by atoms with Crippen molar-refractivity contribution in [1.29, 1.82) is 0 Å². The van der Waals surface area contributed by atoms with Gasteiger partial charge in [-0.1, -0.05) is 29.8 Å². The molecule has 1 aliphatic rings. The van der Waals surface area contributed by atoms with E-state index in [1.165, 1.54) is 35.1 Å². The second-order valence-corrected chi connectivity index (χ2v) is 5.91. The summed E-state index contributed by atoms with van der Waals surface area (Å²) >= 11 is 0. The van der Waals surface area contributed by atoms with Gasteiger partial charge in [0.1, 0.15) is 0 Å². The molecule has 1 N–H and O–H groups in total. The highest BCUT2D eigenvalue weighted by atomic mass is 14.9. The van der Waals surface area contributed by atoms with Gasteiger partial charge in [0.05, 0.1) is 0 Å². The third-order valence-corrected chi connectivity index (χ3v) is 4.19. The number of aryl methyl sites for hydroxylation is 2. The van der Waals surface area contributed by atoms with Gasteiger partial charge >= 0.3 is 0 Å². The topological polar surface area (TPSA) is 24.9 Å². The lowest BCUT2D eigenvalue weighted by Crippen LogP contribution is -2.23. The van der Waals surface area contributed by atoms with Crippen LogP contribution >= 0.6 is 0 Å². The van der Waals surface area contributed by atoms with Gasteiger partial charge < -0.3 is 5.32 Å². The van der Waals surface area contributed by atoms with Crippen LogP contribution in [0.15, 0.2) is 42.7 Å². The van der Waals surface area contributed by atoms with Crippen molar-refractivity contribution in [3.05, 3.63) is 65.0 Å². The van der Waals surface area contributed by atoms with Crippen LogP contribution in [0.2, 0.25) is 0 Å². The molecule has 3 rings (SSSR count). The van der Waals surface area contributed by atoms with Crippen molar-refractivity contribution in [1.82, 2.24) is 10.3 Å². The van der Waals surface area contributed by atoms with Crippen LogP contribution in [-0.4, -0.2) is 4.98 Å². The first-order valence-electron chi connectivity index (χ1n) is 7.43. The molecular weight excluding hydrogens is 244 g/mol. The highest BCUT2D eigenvalue weighted by Crippen LogP contribution is 2.41. The van der Waals surface area contributed by atoms with Gasteiger partial charge in [0.2, 0.25) is 0 Å². The number of hydrogen-bond donors (Lipinski definition) is 1. The molecule has 0 bridgehead atoms. The third kappa shape index (κ3) is 3.07. The average Bonchev–Trinajstić information content (AvgIpc) is 3.27. The molecule has 1 fully saturated rings. The predicted octanol–water partition coefficient (Wildman–Crippen LogP) is 3.94. The Morgan fingerprint density at radius 3 is 2.55 bits per heavy atom. The molecule has 1 unspecified atom stereocenters. The molecule has 0 spiro atoms. The van der Waals surface area contributed by atoms with Gasteiger partial charge in [0.25, 0.3) is 0 Å². The summed E-state index contributed by atoms with van der Waals surface area (Å²) in [6.45, 7) is 5.19. The Morgan fingerprint density at radius 1 is 1.15 bits per heavy atom. The lowest BCUT2D eigenvalue weighted by molar-refractivity contribution is 0.479. The zero-order chi connectivity index (χ0) is 13.9. The standard InChI is InChI=1S/C18H22N2/c1-13-3-5-15(6-4-13)18(16-7-8-16)20-12-17-11-19-10-9-14(17)2/h3-6,9-11,16,18,20H,7-8,12H2,1-2H3. The van der Waals surface area contributed by atoms with E-state index >= 15 is 0 Å². The lowest BCUT2D eigenvalue weighted by atomic mass is 10.0. The van der Waals surface area contributed by atoms with Gasteiger partial charge in [-0.05, 0) is 55.4 Å². The molecule has 20 heavy (non-hydrogen) atoms. The number of benzene rings is 1. The number of pyridine rings is 1. The summed E-state index contributed by atoms with van der Waals surface area (Å²) in [5, 5.41) is 3.73. The molecule has 2 nitrogen and oxygen atoms in total. The maximum Gasteiger partial charge on any atom is 0.0351 e. The van der Waals surface area contributed by atoms with E-state index in [2.05, 4.69) is 54.5 Å². The molecule has 1 aromatic heterocycles. The van der Waals surface area contributed by atoms with Gasteiger partial charge in [-0.3, -0.25) is 4.98 Å². The summed E-state index contributed by atoms with van der Waals surface area (Å²) < 4.78 is 0. The minimum Gasteiger partial charge on any atom is -0.306 e. The third-order valence-electron chi connectivity index (χ3n) is 4.19. The smallest absolute Gasteiger partial charge is 0.0351 e. The normalized spacial score (nSPS) is 16.1. The second kappa shape index (κ2) is 5.76. The molecule has 0 amide bonds. The fourth-order valence-corrected chi connectivity index (χ4v) is 2.66. The minimum atomic E-state index is 0.482. The number of nitrogens with zero attached hydrogens (tertiary/aromatic N) is 1. The van der Waals surface area contributed by atoms with E-state index in [0.717, 1.165) is 12.5 Å². The highest BCUT2D eigenvalue weighted by Gasteiger charge is 2.31. The zero-order valence-electron chi connectivity index (χ0n) is 12.3. The summed E-state index contributed by atoms with van der Waals surface area (Å²) in [6.07, 6.45) is 6.52. The molecule has 1 saturated carbocycles. The van der Waals surface area contributed by atoms with Gasteiger partial charge in [0, 0.05) is 25.0 Å². The monoisotopic (exact) mass is 266 g/mol. The van der Waals surface area contributed by atoms with Crippen LogP contribution in [0, 0.1) is 19.8 Å². The van der Waals surface area contributed by atoms with E-state index in [1.807, 2.05) is 12.4 Å². The molecule has 0 radical (unpaired) electrons. The first-order chi connectivity index (χ1) is 9.74. The quantitative estimate of drug-likeness (QED) is 0.886. The van der Waals surface area contributed by atoms with Gasteiger partial charge in [0.15, 0.2) is 0 Å². The van der Waals surface area contributed by atoms with E-state index in [1.54, 1.807) is 0 Å². The van der Waals surface area contributed by atoms with Crippen LogP contribution in [0.5, 0.6) is 0 Å². The largest absolute Gasteiger partial charge is 0.306 e. The van der Waals surface area contributed by atoms with Crippen molar-refractivity contribution >= 4 is 0 Å². The Morgan fingerprint density at radius 2 is 1.90 bits per heavy atom. The Kier molecular flexibility index (Phi) is 3.83. The predicted molar refractivity (Wildman–Crippen MR) is 82.5 cm³/mol. The van der Waals surface area contributed by atoms with Crippen molar-refractivity contribution in [3.63, 3.8) is 0 Å². The maximum atomic E-state index is 4.23. The van der Waals surface area contributed by atoms with Crippen LogP contribution in [0.4, 0.5) is 0 Å². The van der Waals surface area contributed by atoms with E-state index < -0.39 is 0 Å². The van der Waals surface area contributed by atoms with Crippen molar-refractivity contribution in [2.24, 2.45) is 5.92 Å². The van der Waals surface area contributed by atoms with Crippen LogP contribution in [0.1, 0.15) is 41.1 Å². The number of hydrogen-bond acceptors (Lipinski definition) is 2. The Balaban J connectivity index is 1.72. The number of aromatic nitrogens is 1. The minimum absolute atomic E-state index is 0.482. The van der Waals surface area contributed by atoms with E-state index in [9.17, 15) is 0 Å². The number of nitrogens with one attached hydrogen (secondary N) is 1. The fraction of sp³-hybridized carbons (Fsp3) is 0.389. The molecule has 2 heteroatoms. The van der Waals surface area contributed by atoms with Crippen LogP contribution < -0.4 is 5.32 Å². The average molecular weight is 266 g/mol. The van der Waals surface area contributed by atoms with Gasteiger partial charge in [-0.2, -0.15) is 0 Å². The summed E-state index contributed by atoms with van der Waals surface area (Å²) in [5.74, 6) is 0.801. The van der Waals surface area contributed by atoms with E-state index in [0.29, 0.717) is 6.04 Å². The fourth-order valence-electron chi connectivity index (χ4n) is 2.66.